The average Bonchev–Trinajstić information content (AvgIpc) is 3.07. The molecule has 0 saturated heterocycles. The van der Waals surface area contributed by atoms with E-state index in [1.54, 1.807) is 24.3 Å². The molecule has 1 aromatic heterocycles. The van der Waals surface area contributed by atoms with Crippen LogP contribution in [0.15, 0.2) is 69.6 Å². The summed E-state index contributed by atoms with van der Waals surface area (Å²) in [6.07, 6.45) is 0. The maximum atomic E-state index is 12.5. The summed E-state index contributed by atoms with van der Waals surface area (Å²) in [7, 11) is 0. The van der Waals surface area contributed by atoms with E-state index in [-0.39, 0.29) is 5.91 Å². The molecule has 0 unspecified atom stereocenters. The first-order chi connectivity index (χ1) is 13.0. The highest BCUT2D eigenvalue weighted by molar-refractivity contribution is 9.10. The van der Waals surface area contributed by atoms with Crippen molar-refractivity contribution in [2.75, 3.05) is 5.32 Å². The molecule has 4 aromatic rings. The van der Waals surface area contributed by atoms with E-state index in [0.29, 0.717) is 33.3 Å². The van der Waals surface area contributed by atoms with Gasteiger partial charge in [0, 0.05) is 20.7 Å². The highest BCUT2D eigenvalue weighted by Gasteiger charge is 2.13. The number of rotatable bonds is 3. The van der Waals surface area contributed by atoms with Gasteiger partial charge in [-0.15, -0.1) is 0 Å². The van der Waals surface area contributed by atoms with Crippen molar-refractivity contribution in [3.8, 4) is 11.5 Å². The molecular formula is C21H14BrClN2O2. The Morgan fingerprint density at radius 1 is 1.11 bits per heavy atom. The van der Waals surface area contributed by atoms with Crippen LogP contribution in [0.1, 0.15) is 15.9 Å². The first-order valence-electron chi connectivity index (χ1n) is 8.24. The van der Waals surface area contributed by atoms with Crippen molar-refractivity contribution in [1.29, 1.82) is 0 Å². The predicted octanol–water partition coefficient (Wildman–Crippen LogP) is 6.47. The highest BCUT2D eigenvalue weighted by Crippen LogP contribution is 2.29. The van der Waals surface area contributed by atoms with E-state index in [9.17, 15) is 4.79 Å². The van der Waals surface area contributed by atoms with Crippen molar-refractivity contribution >= 4 is 50.2 Å². The van der Waals surface area contributed by atoms with E-state index in [1.807, 2.05) is 43.3 Å². The zero-order chi connectivity index (χ0) is 19.0. The van der Waals surface area contributed by atoms with Gasteiger partial charge in [0.25, 0.3) is 5.91 Å². The molecule has 0 fully saturated rings. The quantitative estimate of drug-likeness (QED) is 0.396. The summed E-state index contributed by atoms with van der Waals surface area (Å²) in [6, 6.07) is 18.3. The van der Waals surface area contributed by atoms with Gasteiger partial charge in [-0.05, 0) is 70.9 Å². The molecule has 0 aliphatic heterocycles. The number of carbonyl (C=O) groups is 1. The molecule has 0 aliphatic carbocycles. The largest absolute Gasteiger partial charge is 0.436 e. The van der Waals surface area contributed by atoms with E-state index in [0.717, 1.165) is 15.6 Å². The second-order valence-corrected chi connectivity index (χ2v) is 7.36. The molecule has 0 atom stereocenters. The fourth-order valence-electron chi connectivity index (χ4n) is 2.70. The summed E-state index contributed by atoms with van der Waals surface area (Å²) in [5, 5.41) is 3.55. The molecule has 1 amide bonds. The molecule has 3 aromatic carbocycles. The topological polar surface area (TPSA) is 55.1 Å². The molecule has 1 heterocycles. The van der Waals surface area contributed by atoms with Crippen LogP contribution in [0.4, 0.5) is 5.69 Å². The Kier molecular flexibility index (Phi) is 4.72. The van der Waals surface area contributed by atoms with Crippen molar-refractivity contribution in [2.45, 2.75) is 6.92 Å². The molecule has 0 spiro atoms. The lowest BCUT2D eigenvalue weighted by Crippen LogP contribution is -2.12. The molecule has 6 heteroatoms. The number of anilines is 1. The molecule has 0 bridgehead atoms. The Hall–Kier alpha value is -2.63. The number of fused-ring (bicyclic) bond motifs is 1. The van der Waals surface area contributed by atoms with Crippen molar-refractivity contribution in [3.05, 3.63) is 81.3 Å². The van der Waals surface area contributed by atoms with Crippen molar-refractivity contribution in [1.82, 2.24) is 4.98 Å². The van der Waals surface area contributed by atoms with E-state index in [4.69, 9.17) is 16.0 Å². The van der Waals surface area contributed by atoms with Gasteiger partial charge >= 0.3 is 0 Å². The Labute approximate surface area is 169 Å². The summed E-state index contributed by atoms with van der Waals surface area (Å²) in [6.45, 7) is 1.94. The first-order valence-corrected chi connectivity index (χ1v) is 9.41. The van der Waals surface area contributed by atoms with Crippen molar-refractivity contribution < 1.29 is 9.21 Å². The fourth-order valence-corrected chi connectivity index (χ4v) is 3.34. The Bertz CT molecular complexity index is 1170. The molecule has 4 rings (SSSR count). The molecule has 0 saturated carbocycles. The summed E-state index contributed by atoms with van der Waals surface area (Å²) in [5.74, 6) is 0.289. The Morgan fingerprint density at radius 2 is 1.93 bits per heavy atom. The summed E-state index contributed by atoms with van der Waals surface area (Å²) < 4.78 is 6.56. The maximum Gasteiger partial charge on any atom is 0.256 e. The van der Waals surface area contributed by atoms with Crippen molar-refractivity contribution in [2.24, 2.45) is 0 Å². The van der Waals surface area contributed by atoms with Crippen LogP contribution in [-0.2, 0) is 0 Å². The van der Waals surface area contributed by atoms with E-state index < -0.39 is 0 Å². The zero-order valence-electron chi connectivity index (χ0n) is 14.3. The van der Waals surface area contributed by atoms with Gasteiger partial charge in [-0.3, -0.25) is 4.79 Å². The number of hydrogen-bond donors (Lipinski definition) is 1. The van der Waals surface area contributed by atoms with Crippen LogP contribution in [0.3, 0.4) is 0 Å². The predicted molar refractivity (Wildman–Crippen MR) is 111 cm³/mol. The second kappa shape index (κ2) is 7.18. The number of amides is 1. The van der Waals surface area contributed by atoms with E-state index in [1.165, 1.54) is 0 Å². The number of nitrogens with zero attached hydrogens (tertiary/aromatic N) is 1. The number of oxazole rings is 1. The Morgan fingerprint density at radius 3 is 2.70 bits per heavy atom. The van der Waals surface area contributed by atoms with Crippen LogP contribution in [-0.4, -0.2) is 10.9 Å². The lowest BCUT2D eigenvalue weighted by molar-refractivity contribution is 0.102. The molecule has 4 nitrogen and oxygen atoms in total. The molecular weight excluding hydrogens is 428 g/mol. The van der Waals surface area contributed by atoms with Gasteiger partial charge in [0.1, 0.15) is 5.52 Å². The van der Waals surface area contributed by atoms with Gasteiger partial charge in [-0.2, -0.15) is 0 Å². The lowest BCUT2D eigenvalue weighted by atomic mass is 10.1. The Balaban J connectivity index is 1.64. The third kappa shape index (κ3) is 3.61. The normalized spacial score (nSPS) is 10.9. The van der Waals surface area contributed by atoms with E-state index >= 15 is 0 Å². The summed E-state index contributed by atoms with van der Waals surface area (Å²) in [4.78, 5) is 17.0. The minimum absolute atomic E-state index is 0.198. The van der Waals surface area contributed by atoms with Crippen LogP contribution in [0.5, 0.6) is 0 Å². The number of nitrogens with one attached hydrogen (secondary N) is 1. The van der Waals surface area contributed by atoms with Gasteiger partial charge in [-0.25, -0.2) is 4.98 Å². The van der Waals surface area contributed by atoms with Crippen LogP contribution in [0, 0.1) is 6.92 Å². The lowest BCUT2D eigenvalue weighted by Gasteiger charge is -2.06. The maximum absolute atomic E-state index is 12.5. The third-order valence-corrected chi connectivity index (χ3v) is 5.28. The van der Waals surface area contributed by atoms with Crippen molar-refractivity contribution in [3.63, 3.8) is 0 Å². The number of aryl methyl sites for hydroxylation is 1. The molecule has 134 valence electrons. The standard InChI is InChI=1S/C21H14BrClN2O2/c1-12-6-7-13(10-17(12)23)21-25-18-11-14(8-9-19(18)27-21)24-20(26)15-4-2-3-5-16(15)22/h2-11H,1H3,(H,24,26). The number of benzene rings is 3. The number of halogens is 2. The van der Waals surface area contributed by atoms with E-state index in [2.05, 4.69) is 26.2 Å². The van der Waals surface area contributed by atoms with Crippen LogP contribution in [0.25, 0.3) is 22.6 Å². The average molecular weight is 442 g/mol. The van der Waals surface area contributed by atoms with Gasteiger partial charge in [0.15, 0.2) is 5.58 Å². The minimum Gasteiger partial charge on any atom is -0.436 e. The molecule has 27 heavy (non-hydrogen) atoms. The summed E-state index contributed by atoms with van der Waals surface area (Å²) in [5.41, 5.74) is 4.30. The number of carbonyl (C=O) groups excluding carboxylic acids is 1. The minimum atomic E-state index is -0.198. The van der Waals surface area contributed by atoms with Gasteiger partial charge in [-0.1, -0.05) is 29.8 Å². The molecule has 0 radical (unpaired) electrons. The van der Waals surface area contributed by atoms with Crippen LogP contribution >= 0.6 is 27.5 Å². The smallest absolute Gasteiger partial charge is 0.256 e. The van der Waals surface area contributed by atoms with Crippen LogP contribution < -0.4 is 5.32 Å². The molecule has 0 aliphatic rings. The summed E-state index contributed by atoms with van der Waals surface area (Å²) >= 11 is 9.59. The fraction of sp³-hybridized carbons (Fsp3) is 0.0476. The molecule has 1 N–H and O–H groups in total. The monoisotopic (exact) mass is 440 g/mol. The third-order valence-electron chi connectivity index (χ3n) is 4.18. The van der Waals surface area contributed by atoms with Gasteiger partial charge in [0.2, 0.25) is 5.89 Å². The van der Waals surface area contributed by atoms with Gasteiger partial charge < -0.3 is 9.73 Å². The SMILES string of the molecule is Cc1ccc(-c2nc3cc(NC(=O)c4ccccc4Br)ccc3o2)cc1Cl. The zero-order valence-corrected chi connectivity index (χ0v) is 16.6. The van der Waals surface area contributed by atoms with Gasteiger partial charge in [0.05, 0.1) is 5.56 Å². The number of hydrogen-bond acceptors (Lipinski definition) is 3. The first kappa shape index (κ1) is 17.8. The number of aromatic nitrogens is 1. The highest BCUT2D eigenvalue weighted by atomic mass is 79.9. The van der Waals surface area contributed by atoms with Crippen LogP contribution in [0.2, 0.25) is 5.02 Å². The second-order valence-electron chi connectivity index (χ2n) is 6.10.